The van der Waals surface area contributed by atoms with Crippen molar-refractivity contribution in [3.05, 3.63) is 20.3 Å². The molecule has 0 atom stereocenters. The molecule has 17 heavy (non-hydrogen) atoms. The zero-order valence-corrected chi connectivity index (χ0v) is 11.8. The van der Waals surface area contributed by atoms with Crippen molar-refractivity contribution in [2.24, 2.45) is 0 Å². The number of carbonyl (C=O) groups excluding carboxylic acids is 1. The summed E-state index contributed by atoms with van der Waals surface area (Å²) in [6.45, 7) is 0. The maximum Gasteiger partial charge on any atom is 0.261 e. The molecule has 2 nitrogen and oxygen atoms in total. The summed E-state index contributed by atoms with van der Waals surface area (Å²) in [6.07, 6.45) is 7.14. The molecule has 1 fully saturated rings. The van der Waals surface area contributed by atoms with Gasteiger partial charge in [-0.1, -0.05) is 48.9 Å². The van der Waals surface area contributed by atoms with Crippen molar-refractivity contribution in [2.45, 2.75) is 44.6 Å². The largest absolute Gasteiger partial charge is 0.349 e. The van der Waals surface area contributed by atoms with E-state index in [0.717, 1.165) is 12.8 Å². The van der Waals surface area contributed by atoms with E-state index >= 15 is 0 Å². The first-order valence-corrected chi connectivity index (χ1v) is 7.50. The van der Waals surface area contributed by atoms with Crippen LogP contribution in [0.3, 0.4) is 0 Å². The molecule has 1 aromatic heterocycles. The van der Waals surface area contributed by atoms with E-state index in [9.17, 15) is 4.79 Å². The molecule has 0 saturated heterocycles. The first-order chi connectivity index (χ1) is 8.16. The number of amides is 1. The second-order valence-electron chi connectivity index (χ2n) is 4.39. The fourth-order valence-corrected chi connectivity index (χ4v) is 3.41. The maximum atomic E-state index is 12.0. The number of carbonyl (C=O) groups is 1. The van der Waals surface area contributed by atoms with Crippen LogP contribution in [0.1, 0.15) is 48.2 Å². The van der Waals surface area contributed by atoms with E-state index in [4.69, 9.17) is 23.2 Å². The van der Waals surface area contributed by atoms with Crippen molar-refractivity contribution in [1.82, 2.24) is 5.32 Å². The van der Waals surface area contributed by atoms with Crippen LogP contribution in [-0.4, -0.2) is 11.9 Å². The van der Waals surface area contributed by atoms with Crippen LogP contribution in [0.25, 0.3) is 0 Å². The Kier molecular flexibility index (Phi) is 4.71. The van der Waals surface area contributed by atoms with Crippen LogP contribution < -0.4 is 5.32 Å². The number of halogens is 2. The van der Waals surface area contributed by atoms with Crippen molar-refractivity contribution in [3.8, 4) is 0 Å². The first-order valence-electron chi connectivity index (χ1n) is 5.92. The minimum Gasteiger partial charge on any atom is -0.349 e. The summed E-state index contributed by atoms with van der Waals surface area (Å²) in [7, 11) is 0. The van der Waals surface area contributed by atoms with Gasteiger partial charge in [0.2, 0.25) is 0 Å². The third-order valence-electron chi connectivity index (χ3n) is 3.06. The van der Waals surface area contributed by atoms with Crippen LogP contribution in [0.5, 0.6) is 0 Å². The lowest BCUT2D eigenvalue weighted by atomic mass is 10.1. The van der Waals surface area contributed by atoms with Gasteiger partial charge in [-0.3, -0.25) is 4.79 Å². The summed E-state index contributed by atoms with van der Waals surface area (Å²) in [5, 5.41) is 3.53. The highest BCUT2D eigenvalue weighted by Crippen LogP contribution is 2.31. The van der Waals surface area contributed by atoms with Gasteiger partial charge in [0.1, 0.15) is 4.34 Å². The Bertz CT molecular complexity index is 378. The van der Waals surface area contributed by atoms with E-state index in [-0.39, 0.29) is 5.91 Å². The van der Waals surface area contributed by atoms with Gasteiger partial charge < -0.3 is 5.32 Å². The van der Waals surface area contributed by atoms with E-state index in [1.807, 2.05) is 0 Å². The molecule has 1 aliphatic rings. The molecule has 1 aliphatic carbocycles. The van der Waals surface area contributed by atoms with Gasteiger partial charge in [0, 0.05) is 6.04 Å². The average Bonchev–Trinajstić information content (AvgIpc) is 2.54. The SMILES string of the molecule is O=C(NC1CCCCCC1)c1cc(Cl)c(Cl)s1. The van der Waals surface area contributed by atoms with Crippen LogP contribution in [-0.2, 0) is 0 Å². The second kappa shape index (κ2) is 6.07. The standard InChI is InChI=1S/C12H15Cl2NOS/c13-9-7-10(17-11(9)14)12(16)15-8-5-3-1-2-4-6-8/h7-8H,1-6H2,(H,15,16). The van der Waals surface area contributed by atoms with Crippen LogP contribution >= 0.6 is 34.5 Å². The molecular formula is C12H15Cl2NOS. The van der Waals surface area contributed by atoms with Gasteiger partial charge in [-0.05, 0) is 18.9 Å². The molecule has 5 heteroatoms. The summed E-state index contributed by atoms with van der Waals surface area (Å²) >= 11 is 12.9. The number of hydrogen-bond donors (Lipinski definition) is 1. The Morgan fingerprint density at radius 3 is 2.41 bits per heavy atom. The number of thiophene rings is 1. The molecule has 0 unspecified atom stereocenters. The molecule has 1 amide bonds. The first kappa shape index (κ1) is 13.2. The van der Waals surface area contributed by atoms with Gasteiger partial charge >= 0.3 is 0 Å². The molecule has 0 aromatic carbocycles. The number of nitrogens with one attached hydrogen (secondary N) is 1. The lowest BCUT2D eigenvalue weighted by Crippen LogP contribution is -2.33. The lowest BCUT2D eigenvalue weighted by molar-refractivity contribution is 0.0937. The molecule has 1 saturated carbocycles. The van der Waals surface area contributed by atoms with Crippen LogP contribution in [0.15, 0.2) is 6.07 Å². The minimum atomic E-state index is -0.0456. The Hall–Kier alpha value is -0.250. The van der Waals surface area contributed by atoms with Gasteiger partial charge in [0.05, 0.1) is 9.90 Å². The van der Waals surface area contributed by atoms with E-state index in [1.165, 1.54) is 37.0 Å². The molecule has 0 bridgehead atoms. The minimum absolute atomic E-state index is 0.0456. The van der Waals surface area contributed by atoms with Crippen LogP contribution in [0.4, 0.5) is 0 Å². The molecule has 0 spiro atoms. The predicted molar refractivity (Wildman–Crippen MR) is 73.3 cm³/mol. The molecule has 1 heterocycles. The number of hydrogen-bond acceptors (Lipinski definition) is 2. The Labute approximate surface area is 115 Å². The van der Waals surface area contributed by atoms with Gasteiger partial charge in [-0.25, -0.2) is 0 Å². The third-order valence-corrected chi connectivity index (χ3v) is 4.92. The lowest BCUT2D eigenvalue weighted by Gasteiger charge is -2.15. The Morgan fingerprint density at radius 2 is 1.88 bits per heavy atom. The van der Waals surface area contributed by atoms with Crippen molar-refractivity contribution < 1.29 is 4.79 Å². The summed E-state index contributed by atoms with van der Waals surface area (Å²) in [5.41, 5.74) is 0. The quantitative estimate of drug-likeness (QED) is 0.798. The Balaban J connectivity index is 1.95. The molecular weight excluding hydrogens is 277 g/mol. The highest BCUT2D eigenvalue weighted by molar-refractivity contribution is 7.18. The van der Waals surface area contributed by atoms with Crippen LogP contribution in [0, 0.1) is 0 Å². The molecule has 2 rings (SSSR count). The summed E-state index contributed by atoms with van der Waals surface area (Å²) < 4.78 is 0.484. The highest BCUT2D eigenvalue weighted by atomic mass is 35.5. The van der Waals surface area contributed by atoms with E-state index < -0.39 is 0 Å². The predicted octanol–water partition coefficient (Wildman–Crippen LogP) is 4.51. The van der Waals surface area contributed by atoms with Crippen molar-refractivity contribution in [1.29, 1.82) is 0 Å². The normalized spacial score (nSPS) is 17.8. The van der Waals surface area contributed by atoms with Crippen molar-refractivity contribution >= 4 is 40.4 Å². The third kappa shape index (κ3) is 3.60. The number of rotatable bonds is 2. The monoisotopic (exact) mass is 291 g/mol. The summed E-state index contributed by atoms with van der Waals surface area (Å²) in [5.74, 6) is -0.0456. The topological polar surface area (TPSA) is 29.1 Å². The molecule has 1 N–H and O–H groups in total. The fourth-order valence-electron chi connectivity index (χ4n) is 2.14. The van der Waals surface area contributed by atoms with Crippen molar-refractivity contribution in [2.75, 3.05) is 0 Å². The highest BCUT2D eigenvalue weighted by Gasteiger charge is 2.18. The molecule has 1 aromatic rings. The average molecular weight is 292 g/mol. The summed E-state index contributed by atoms with van der Waals surface area (Å²) in [6, 6.07) is 1.95. The smallest absolute Gasteiger partial charge is 0.261 e. The van der Waals surface area contributed by atoms with Gasteiger partial charge in [-0.2, -0.15) is 0 Å². The van der Waals surface area contributed by atoms with Gasteiger partial charge in [0.15, 0.2) is 0 Å². The Morgan fingerprint density at radius 1 is 1.24 bits per heavy atom. The van der Waals surface area contributed by atoms with Gasteiger partial charge in [-0.15, -0.1) is 11.3 Å². The zero-order valence-electron chi connectivity index (χ0n) is 9.47. The molecule has 0 aliphatic heterocycles. The van der Waals surface area contributed by atoms with Gasteiger partial charge in [0.25, 0.3) is 5.91 Å². The molecule has 94 valence electrons. The van der Waals surface area contributed by atoms with E-state index in [0.29, 0.717) is 20.3 Å². The second-order valence-corrected chi connectivity index (χ2v) is 6.46. The van der Waals surface area contributed by atoms with Crippen molar-refractivity contribution in [3.63, 3.8) is 0 Å². The molecule has 0 radical (unpaired) electrons. The van der Waals surface area contributed by atoms with E-state index in [2.05, 4.69) is 5.32 Å². The van der Waals surface area contributed by atoms with Crippen LogP contribution in [0.2, 0.25) is 9.36 Å². The van der Waals surface area contributed by atoms with E-state index in [1.54, 1.807) is 6.07 Å². The summed E-state index contributed by atoms with van der Waals surface area (Å²) in [4.78, 5) is 12.6. The zero-order chi connectivity index (χ0) is 12.3. The maximum absolute atomic E-state index is 12.0. The fraction of sp³-hybridized carbons (Fsp3) is 0.583.